The van der Waals surface area contributed by atoms with Gasteiger partial charge in [-0.15, -0.1) is 0 Å². The summed E-state index contributed by atoms with van der Waals surface area (Å²) in [6.45, 7) is 9.29. The van der Waals surface area contributed by atoms with Gasteiger partial charge in [-0.2, -0.15) is 5.10 Å². The van der Waals surface area contributed by atoms with Crippen molar-refractivity contribution in [1.29, 1.82) is 0 Å². The van der Waals surface area contributed by atoms with Crippen LogP contribution >= 0.6 is 0 Å². The van der Waals surface area contributed by atoms with Crippen molar-refractivity contribution in [3.8, 4) is 0 Å². The number of benzene rings is 1. The van der Waals surface area contributed by atoms with Crippen LogP contribution in [0.5, 0.6) is 0 Å². The predicted octanol–water partition coefficient (Wildman–Crippen LogP) is 2.22. The molecule has 6 nitrogen and oxygen atoms in total. The number of rotatable bonds is 9. The van der Waals surface area contributed by atoms with Crippen LogP contribution < -0.4 is 10.6 Å². The molecule has 3 N–H and O–H groups in total. The first-order chi connectivity index (χ1) is 12.6. The van der Waals surface area contributed by atoms with Crippen molar-refractivity contribution < 1.29 is 5.11 Å². The molecule has 0 aliphatic heterocycles. The maximum Gasteiger partial charge on any atom is 0.191 e. The van der Waals surface area contributed by atoms with Gasteiger partial charge in [0.05, 0.1) is 18.8 Å². The number of nitrogens with one attached hydrogen (secondary N) is 2. The zero-order valence-corrected chi connectivity index (χ0v) is 16.1. The summed E-state index contributed by atoms with van der Waals surface area (Å²) in [5.41, 5.74) is 3.36. The van der Waals surface area contributed by atoms with E-state index in [-0.39, 0.29) is 12.5 Å². The van der Waals surface area contributed by atoms with Crippen LogP contribution in [0, 0.1) is 13.8 Å². The molecule has 142 valence electrons. The van der Waals surface area contributed by atoms with E-state index in [9.17, 15) is 5.11 Å². The molecule has 2 aromatic rings. The average molecular weight is 358 g/mol. The van der Waals surface area contributed by atoms with Crippen LogP contribution in [-0.2, 0) is 6.54 Å². The van der Waals surface area contributed by atoms with Crippen LogP contribution in [0.2, 0.25) is 0 Å². The molecule has 0 radical (unpaired) electrons. The number of aryl methyl sites for hydroxylation is 3. The van der Waals surface area contributed by atoms with Gasteiger partial charge in [-0.3, -0.25) is 9.67 Å². The summed E-state index contributed by atoms with van der Waals surface area (Å²) in [6.07, 6.45) is 0.967. The number of hydrogen-bond donors (Lipinski definition) is 3. The number of aromatic nitrogens is 2. The Morgan fingerprint density at radius 2 is 2.00 bits per heavy atom. The molecule has 1 unspecified atom stereocenters. The summed E-state index contributed by atoms with van der Waals surface area (Å²) in [5, 5.41) is 20.8. The Morgan fingerprint density at radius 3 is 2.62 bits per heavy atom. The lowest BCUT2D eigenvalue weighted by atomic mass is 10.0. The summed E-state index contributed by atoms with van der Waals surface area (Å²) in [5.74, 6) is 0.802. The van der Waals surface area contributed by atoms with Crippen LogP contribution in [-0.4, -0.2) is 47.1 Å². The van der Waals surface area contributed by atoms with Crippen molar-refractivity contribution in [1.82, 2.24) is 20.4 Å². The van der Waals surface area contributed by atoms with E-state index < -0.39 is 0 Å². The molecule has 0 aliphatic rings. The first-order valence-corrected chi connectivity index (χ1v) is 9.33. The van der Waals surface area contributed by atoms with Gasteiger partial charge in [-0.1, -0.05) is 30.3 Å². The van der Waals surface area contributed by atoms with Crippen molar-refractivity contribution in [2.75, 3.05) is 26.2 Å². The third-order valence-corrected chi connectivity index (χ3v) is 4.25. The molecule has 1 aromatic carbocycles. The maximum absolute atomic E-state index is 9.67. The van der Waals surface area contributed by atoms with E-state index in [2.05, 4.69) is 33.7 Å². The van der Waals surface area contributed by atoms with Crippen LogP contribution in [0.25, 0.3) is 0 Å². The Labute approximate surface area is 156 Å². The second-order valence-electron chi connectivity index (χ2n) is 6.44. The molecular weight excluding hydrogens is 326 g/mol. The van der Waals surface area contributed by atoms with E-state index in [0.717, 1.165) is 43.3 Å². The summed E-state index contributed by atoms with van der Waals surface area (Å²) in [7, 11) is 0. The van der Waals surface area contributed by atoms with Crippen LogP contribution in [0.1, 0.15) is 36.2 Å². The number of hydrogen-bond acceptors (Lipinski definition) is 3. The molecule has 1 heterocycles. The molecule has 1 atom stereocenters. The van der Waals surface area contributed by atoms with E-state index in [1.807, 2.05) is 48.9 Å². The van der Waals surface area contributed by atoms with Crippen molar-refractivity contribution in [3.05, 3.63) is 53.3 Å². The lowest BCUT2D eigenvalue weighted by Crippen LogP contribution is -2.38. The lowest BCUT2D eigenvalue weighted by Gasteiger charge is -2.15. The zero-order chi connectivity index (χ0) is 18.8. The molecule has 2 rings (SSSR count). The zero-order valence-electron chi connectivity index (χ0n) is 16.1. The highest BCUT2D eigenvalue weighted by Crippen LogP contribution is 2.14. The minimum absolute atomic E-state index is 0.0151. The summed E-state index contributed by atoms with van der Waals surface area (Å²) in [4.78, 5) is 4.64. The van der Waals surface area contributed by atoms with E-state index in [1.165, 1.54) is 5.69 Å². The quantitative estimate of drug-likeness (QED) is 0.365. The summed E-state index contributed by atoms with van der Waals surface area (Å²) >= 11 is 0. The average Bonchev–Trinajstić information content (AvgIpc) is 2.97. The van der Waals surface area contributed by atoms with Crippen molar-refractivity contribution in [2.24, 2.45) is 4.99 Å². The molecule has 0 spiro atoms. The summed E-state index contributed by atoms with van der Waals surface area (Å²) in [6, 6.07) is 12.1. The van der Waals surface area contributed by atoms with E-state index in [1.54, 1.807) is 0 Å². The minimum atomic E-state index is 0.0151. The first kappa shape index (κ1) is 20.0. The minimum Gasteiger partial charge on any atom is -0.396 e. The standard InChI is InChI=1S/C20H31N5O/c1-4-21-20(22-11-8-12-25-17(3)13-16(2)24-25)23-14-19(15-26)18-9-6-5-7-10-18/h5-7,9-10,13,19,26H,4,8,11-12,14-15H2,1-3H3,(H2,21,22,23). The Kier molecular flexibility index (Phi) is 8.15. The van der Waals surface area contributed by atoms with E-state index in [0.29, 0.717) is 6.54 Å². The number of aliphatic imine (C=N–C) groups is 1. The van der Waals surface area contributed by atoms with Gasteiger partial charge in [0.15, 0.2) is 5.96 Å². The third kappa shape index (κ3) is 6.19. The largest absolute Gasteiger partial charge is 0.396 e. The number of aliphatic hydroxyl groups is 1. The second-order valence-corrected chi connectivity index (χ2v) is 6.44. The normalized spacial score (nSPS) is 12.8. The SMILES string of the molecule is CCNC(=NCC(CO)c1ccccc1)NCCCn1nc(C)cc1C. The molecule has 0 aliphatic carbocycles. The van der Waals surface area contributed by atoms with E-state index in [4.69, 9.17) is 0 Å². The van der Waals surface area contributed by atoms with Gasteiger partial charge in [0, 0.05) is 31.2 Å². The first-order valence-electron chi connectivity index (χ1n) is 9.33. The van der Waals surface area contributed by atoms with Gasteiger partial charge in [0.25, 0.3) is 0 Å². The molecular formula is C20H31N5O. The number of guanidine groups is 1. The fourth-order valence-corrected chi connectivity index (χ4v) is 2.87. The maximum atomic E-state index is 9.67. The number of aliphatic hydroxyl groups excluding tert-OH is 1. The van der Waals surface area contributed by atoms with Gasteiger partial charge in [-0.25, -0.2) is 0 Å². The molecule has 0 bridgehead atoms. The highest BCUT2D eigenvalue weighted by Gasteiger charge is 2.10. The van der Waals surface area contributed by atoms with Gasteiger partial charge in [-0.05, 0) is 38.8 Å². The molecule has 0 amide bonds. The molecule has 0 saturated carbocycles. The second kappa shape index (κ2) is 10.6. The van der Waals surface area contributed by atoms with Gasteiger partial charge in [0.1, 0.15) is 0 Å². The fourth-order valence-electron chi connectivity index (χ4n) is 2.87. The third-order valence-electron chi connectivity index (χ3n) is 4.25. The Balaban J connectivity index is 1.84. The van der Waals surface area contributed by atoms with Gasteiger partial charge < -0.3 is 15.7 Å². The van der Waals surface area contributed by atoms with Crippen molar-refractivity contribution in [3.63, 3.8) is 0 Å². The molecule has 6 heteroatoms. The predicted molar refractivity (Wildman–Crippen MR) is 107 cm³/mol. The van der Waals surface area contributed by atoms with Gasteiger partial charge >= 0.3 is 0 Å². The Hall–Kier alpha value is -2.34. The van der Waals surface area contributed by atoms with Crippen LogP contribution in [0.3, 0.4) is 0 Å². The Morgan fingerprint density at radius 1 is 1.23 bits per heavy atom. The molecule has 0 fully saturated rings. The van der Waals surface area contributed by atoms with E-state index >= 15 is 0 Å². The Bertz CT molecular complexity index is 681. The summed E-state index contributed by atoms with van der Waals surface area (Å²) < 4.78 is 2.04. The topological polar surface area (TPSA) is 74.5 Å². The molecule has 26 heavy (non-hydrogen) atoms. The van der Waals surface area contributed by atoms with Crippen molar-refractivity contribution >= 4 is 5.96 Å². The van der Waals surface area contributed by atoms with Gasteiger partial charge in [0.2, 0.25) is 0 Å². The lowest BCUT2D eigenvalue weighted by molar-refractivity contribution is 0.268. The fraction of sp³-hybridized carbons (Fsp3) is 0.500. The molecule has 1 aromatic heterocycles. The highest BCUT2D eigenvalue weighted by atomic mass is 16.3. The number of nitrogens with zero attached hydrogens (tertiary/aromatic N) is 3. The van der Waals surface area contributed by atoms with Crippen molar-refractivity contribution in [2.45, 2.75) is 39.7 Å². The smallest absolute Gasteiger partial charge is 0.191 e. The van der Waals surface area contributed by atoms with Crippen LogP contribution in [0.4, 0.5) is 0 Å². The molecule has 0 saturated heterocycles. The van der Waals surface area contributed by atoms with Crippen LogP contribution in [0.15, 0.2) is 41.4 Å². The monoisotopic (exact) mass is 357 g/mol. The highest BCUT2D eigenvalue weighted by molar-refractivity contribution is 5.79.